The van der Waals surface area contributed by atoms with Gasteiger partial charge < -0.3 is 10.6 Å². The highest BCUT2D eigenvalue weighted by molar-refractivity contribution is 9.10. The van der Waals surface area contributed by atoms with Gasteiger partial charge in [-0.1, -0.05) is 28.9 Å². The van der Waals surface area contributed by atoms with Crippen molar-refractivity contribution in [2.45, 2.75) is 26.2 Å². The lowest BCUT2D eigenvalue weighted by Gasteiger charge is -2.34. The van der Waals surface area contributed by atoms with E-state index in [1.807, 2.05) is 0 Å². The van der Waals surface area contributed by atoms with E-state index in [1.54, 1.807) is 6.07 Å². The van der Waals surface area contributed by atoms with Gasteiger partial charge in [0, 0.05) is 23.2 Å². The second kappa shape index (κ2) is 7.19. The fourth-order valence-electron chi connectivity index (χ4n) is 2.55. The summed E-state index contributed by atoms with van der Waals surface area (Å²) in [5, 5.41) is 17.0. The van der Waals surface area contributed by atoms with Crippen molar-refractivity contribution in [3.63, 3.8) is 0 Å². The average Bonchev–Trinajstić information content (AvgIpc) is 2.48. The van der Waals surface area contributed by atoms with Gasteiger partial charge in [-0.2, -0.15) is 0 Å². The molecule has 1 fully saturated rings. The number of non-ortho nitro benzene ring substituents is 1. The number of carbonyl (C=O) groups excluding carboxylic acids is 1. The Bertz CT molecular complexity index is 571. The monoisotopic (exact) mass is 369 g/mol. The van der Waals surface area contributed by atoms with Gasteiger partial charge in [-0.05, 0) is 36.9 Å². The number of rotatable bonds is 5. The number of carbonyl (C=O) groups is 1. The fourth-order valence-corrected chi connectivity index (χ4v) is 3.05. The molecular formula is C15H20BrN3O3. The third-order valence-electron chi connectivity index (χ3n) is 4.12. The Kier molecular flexibility index (Phi) is 5.52. The number of benzene rings is 1. The van der Waals surface area contributed by atoms with E-state index in [0.717, 1.165) is 31.5 Å². The van der Waals surface area contributed by atoms with Crippen LogP contribution in [0.2, 0.25) is 0 Å². The lowest BCUT2D eigenvalue weighted by molar-refractivity contribution is -0.384. The summed E-state index contributed by atoms with van der Waals surface area (Å²) in [5.74, 6) is -0.0608. The van der Waals surface area contributed by atoms with E-state index in [9.17, 15) is 14.9 Å². The van der Waals surface area contributed by atoms with Crippen molar-refractivity contribution < 1.29 is 9.72 Å². The lowest BCUT2D eigenvalue weighted by atomic mass is 9.81. The first-order chi connectivity index (χ1) is 10.4. The molecule has 0 aliphatic carbocycles. The van der Waals surface area contributed by atoms with Gasteiger partial charge in [0.2, 0.25) is 5.91 Å². The Morgan fingerprint density at radius 1 is 1.45 bits per heavy atom. The Balaban J connectivity index is 1.90. The molecule has 0 saturated carbocycles. The minimum absolute atomic E-state index is 0.0123. The topological polar surface area (TPSA) is 84.3 Å². The number of nitro benzene ring substituents is 1. The number of amides is 1. The quantitative estimate of drug-likeness (QED) is 0.616. The van der Waals surface area contributed by atoms with Crippen LogP contribution in [0.1, 0.15) is 25.3 Å². The maximum atomic E-state index is 12.1. The number of nitrogens with one attached hydrogen (secondary N) is 2. The van der Waals surface area contributed by atoms with Crippen molar-refractivity contribution in [1.29, 1.82) is 0 Å². The predicted octanol–water partition coefficient (Wildman–Crippen LogP) is 2.41. The van der Waals surface area contributed by atoms with Gasteiger partial charge in [0.15, 0.2) is 0 Å². The minimum Gasteiger partial charge on any atom is -0.355 e. The minimum atomic E-state index is -0.452. The van der Waals surface area contributed by atoms with Gasteiger partial charge in [-0.3, -0.25) is 14.9 Å². The Labute approximate surface area is 137 Å². The van der Waals surface area contributed by atoms with E-state index in [1.165, 1.54) is 12.1 Å². The van der Waals surface area contributed by atoms with Gasteiger partial charge in [0.1, 0.15) is 0 Å². The summed E-state index contributed by atoms with van der Waals surface area (Å²) in [6.45, 7) is 4.83. The summed E-state index contributed by atoms with van der Waals surface area (Å²) in [6.07, 6.45) is 2.32. The van der Waals surface area contributed by atoms with Crippen molar-refractivity contribution in [3.05, 3.63) is 38.3 Å². The van der Waals surface area contributed by atoms with Crippen molar-refractivity contribution in [1.82, 2.24) is 10.6 Å². The van der Waals surface area contributed by atoms with E-state index < -0.39 is 4.92 Å². The molecule has 0 spiro atoms. The number of halogens is 1. The normalized spacial score (nSPS) is 17.0. The Morgan fingerprint density at radius 2 is 2.14 bits per heavy atom. The third kappa shape index (κ3) is 4.51. The van der Waals surface area contributed by atoms with Crippen molar-refractivity contribution in [2.24, 2.45) is 5.41 Å². The largest absolute Gasteiger partial charge is 0.355 e. The van der Waals surface area contributed by atoms with Crippen LogP contribution in [-0.4, -0.2) is 30.5 Å². The molecule has 1 aromatic carbocycles. The van der Waals surface area contributed by atoms with Crippen LogP contribution in [0.25, 0.3) is 0 Å². The molecule has 1 aliphatic rings. The highest BCUT2D eigenvalue weighted by Crippen LogP contribution is 2.27. The van der Waals surface area contributed by atoms with Gasteiger partial charge in [-0.25, -0.2) is 0 Å². The van der Waals surface area contributed by atoms with Gasteiger partial charge in [0.05, 0.1) is 11.3 Å². The molecule has 120 valence electrons. The van der Waals surface area contributed by atoms with Gasteiger partial charge in [0.25, 0.3) is 5.69 Å². The van der Waals surface area contributed by atoms with E-state index in [-0.39, 0.29) is 23.4 Å². The van der Waals surface area contributed by atoms with Crippen LogP contribution in [-0.2, 0) is 11.2 Å². The van der Waals surface area contributed by atoms with E-state index in [2.05, 4.69) is 33.5 Å². The van der Waals surface area contributed by atoms with Crippen LogP contribution in [0, 0.1) is 15.5 Å². The zero-order valence-corrected chi connectivity index (χ0v) is 14.1. The summed E-state index contributed by atoms with van der Waals surface area (Å²) in [4.78, 5) is 22.3. The molecule has 2 N–H and O–H groups in total. The summed E-state index contributed by atoms with van der Waals surface area (Å²) in [6, 6.07) is 4.46. The number of nitro groups is 1. The smallest absolute Gasteiger partial charge is 0.270 e. The summed E-state index contributed by atoms with van der Waals surface area (Å²) >= 11 is 3.29. The molecule has 22 heavy (non-hydrogen) atoms. The zero-order valence-electron chi connectivity index (χ0n) is 12.5. The summed E-state index contributed by atoms with van der Waals surface area (Å²) in [5.41, 5.74) is 0.907. The third-order valence-corrected chi connectivity index (χ3v) is 4.86. The molecule has 2 rings (SSSR count). The summed E-state index contributed by atoms with van der Waals surface area (Å²) in [7, 11) is 0. The molecule has 0 unspecified atom stereocenters. The van der Waals surface area contributed by atoms with Crippen LogP contribution in [0.5, 0.6) is 0 Å². The van der Waals surface area contributed by atoms with E-state index in [4.69, 9.17) is 0 Å². The average molecular weight is 370 g/mol. The molecule has 7 heteroatoms. The highest BCUT2D eigenvalue weighted by atomic mass is 79.9. The molecule has 0 radical (unpaired) electrons. The molecule has 1 amide bonds. The second-order valence-electron chi connectivity index (χ2n) is 6.05. The standard InChI is InChI=1S/C15H20BrN3O3/c1-15(4-6-17-7-5-15)10-18-14(20)8-11-2-3-12(19(21)22)9-13(11)16/h2-3,9,17H,4-8,10H2,1H3,(H,18,20). The van der Waals surface area contributed by atoms with Crippen molar-refractivity contribution in [2.75, 3.05) is 19.6 Å². The first-order valence-corrected chi connectivity index (χ1v) is 8.09. The van der Waals surface area contributed by atoms with Gasteiger partial charge in [-0.15, -0.1) is 0 Å². The fraction of sp³-hybridized carbons (Fsp3) is 0.533. The lowest BCUT2D eigenvalue weighted by Crippen LogP contribution is -2.43. The SMILES string of the molecule is CC1(CNC(=O)Cc2ccc([N+](=O)[O-])cc2Br)CCNCC1. The van der Waals surface area contributed by atoms with Crippen LogP contribution in [0.4, 0.5) is 5.69 Å². The zero-order chi connectivity index (χ0) is 16.2. The number of nitrogens with zero attached hydrogens (tertiary/aromatic N) is 1. The van der Waals surface area contributed by atoms with Crippen LogP contribution in [0.3, 0.4) is 0 Å². The number of hydrogen-bond acceptors (Lipinski definition) is 4. The molecule has 0 atom stereocenters. The first kappa shape index (κ1) is 16.9. The number of hydrogen-bond donors (Lipinski definition) is 2. The predicted molar refractivity (Wildman–Crippen MR) is 87.7 cm³/mol. The maximum Gasteiger partial charge on any atom is 0.270 e. The summed E-state index contributed by atoms with van der Waals surface area (Å²) < 4.78 is 0.588. The number of piperidine rings is 1. The van der Waals surface area contributed by atoms with E-state index >= 15 is 0 Å². The molecule has 1 saturated heterocycles. The van der Waals surface area contributed by atoms with Crippen molar-refractivity contribution >= 4 is 27.5 Å². The molecule has 1 heterocycles. The molecular weight excluding hydrogens is 350 g/mol. The Morgan fingerprint density at radius 3 is 2.73 bits per heavy atom. The Hall–Kier alpha value is -1.47. The van der Waals surface area contributed by atoms with Crippen LogP contribution < -0.4 is 10.6 Å². The maximum absolute atomic E-state index is 12.1. The highest BCUT2D eigenvalue weighted by Gasteiger charge is 2.27. The molecule has 6 nitrogen and oxygen atoms in total. The molecule has 1 aliphatic heterocycles. The van der Waals surface area contributed by atoms with Crippen LogP contribution >= 0.6 is 15.9 Å². The van der Waals surface area contributed by atoms with Gasteiger partial charge >= 0.3 is 0 Å². The molecule has 0 aromatic heterocycles. The second-order valence-corrected chi connectivity index (χ2v) is 6.90. The first-order valence-electron chi connectivity index (χ1n) is 7.30. The van der Waals surface area contributed by atoms with Crippen molar-refractivity contribution in [3.8, 4) is 0 Å². The van der Waals surface area contributed by atoms with Crippen LogP contribution in [0.15, 0.2) is 22.7 Å². The van der Waals surface area contributed by atoms with E-state index in [0.29, 0.717) is 11.0 Å². The molecule has 0 bridgehead atoms. The molecule has 1 aromatic rings.